The van der Waals surface area contributed by atoms with E-state index in [0.29, 0.717) is 22.4 Å². The first kappa shape index (κ1) is 22.3. The average Bonchev–Trinajstić information content (AvgIpc) is 2.77. The van der Waals surface area contributed by atoms with Gasteiger partial charge in [0, 0.05) is 34.7 Å². The molecule has 0 saturated carbocycles. The van der Waals surface area contributed by atoms with E-state index in [4.69, 9.17) is 16.2 Å². The number of hydrogen-bond acceptors (Lipinski definition) is 6. The Hall–Kier alpha value is -3.95. The van der Waals surface area contributed by atoms with Crippen molar-refractivity contribution in [2.24, 2.45) is 10.7 Å². The number of nitrogens with two attached hydrogens (primary N) is 2. The molecule has 4 N–H and O–H groups in total. The van der Waals surface area contributed by atoms with Crippen LogP contribution in [0.2, 0.25) is 0 Å². The van der Waals surface area contributed by atoms with E-state index in [9.17, 15) is 17.6 Å². The van der Waals surface area contributed by atoms with Crippen LogP contribution in [0.15, 0.2) is 59.5 Å². The lowest BCUT2D eigenvalue weighted by Gasteiger charge is -2.22. The second-order valence-corrected chi connectivity index (χ2v) is 7.35. The zero-order chi connectivity index (χ0) is 23.7. The average molecular weight is 457 g/mol. The molecule has 0 saturated heterocycles. The van der Waals surface area contributed by atoms with Gasteiger partial charge in [0.2, 0.25) is 0 Å². The number of ether oxygens (including phenoxy) is 1. The van der Waals surface area contributed by atoms with Crippen LogP contribution in [0.4, 0.5) is 23.4 Å². The monoisotopic (exact) mass is 457 g/mol. The normalized spacial score (nSPS) is 16.1. The fraction of sp³-hybridized carbons (Fsp3) is 0.174. The smallest absolute Gasteiger partial charge is 0.267 e. The number of allylic oxidation sites excluding steroid dienone is 1. The number of fused-ring (bicyclic) bond motifs is 5. The number of benzene rings is 1. The molecule has 0 aliphatic carbocycles. The highest BCUT2D eigenvalue weighted by atomic mass is 19.3. The Labute approximate surface area is 186 Å². The van der Waals surface area contributed by atoms with E-state index in [0.717, 1.165) is 12.4 Å². The molecule has 0 amide bonds. The second-order valence-electron chi connectivity index (χ2n) is 7.35. The van der Waals surface area contributed by atoms with Crippen molar-refractivity contribution in [3.63, 3.8) is 0 Å². The van der Waals surface area contributed by atoms with Crippen molar-refractivity contribution in [2.75, 3.05) is 5.73 Å². The van der Waals surface area contributed by atoms with Gasteiger partial charge in [-0.15, -0.1) is 0 Å². The number of pyridine rings is 2. The van der Waals surface area contributed by atoms with Crippen LogP contribution in [0.1, 0.15) is 29.7 Å². The first-order valence-electron chi connectivity index (χ1n) is 9.90. The largest absolute Gasteiger partial charge is 0.482 e. The Morgan fingerprint density at radius 2 is 1.91 bits per heavy atom. The van der Waals surface area contributed by atoms with Crippen LogP contribution in [0.25, 0.3) is 11.3 Å². The number of anilines is 1. The zero-order valence-electron chi connectivity index (χ0n) is 17.4. The molecular weight excluding hydrogens is 438 g/mol. The van der Waals surface area contributed by atoms with Gasteiger partial charge in [0.15, 0.2) is 11.6 Å². The van der Waals surface area contributed by atoms with E-state index < -0.39 is 29.7 Å². The number of alkyl halides is 2. The molecule has 3 heterocycles. The summed E-state index contributed by atoms with van der Waals surface area (Å²) in [6.45, 7) is 1.46. The van der Waals surface area contributed by atoms with Gasteiger partial charge in [-0.1, -0.05) is 0 Å². The highest BCUT2D eigenvalue weighted by molar-refractivity contribution is 6.13. The molecule has 6 nitrogen and oxygen atoms in total. The summed E-state index contributed by atoms with van der Waals surface area (Å²) >= 11 is 0. The van der Waals surface area contributed by atoms with Crippen molar-refractivity contribution in [3.8, 4) is 17.0 Å². The highest BCUT2D eigenvalue weighted by Crippen LogP contribution is 2.35. The van der Waals surface area contributed by atoms with Crippen molar-refractivity contribution in [2.45, 2.75) is 26.0 Å². The number of nitrogen functional groups attached to an aromatic ring is 1. The van der Waals surface area contributed by atoms with Crippen LogP contribution in [0.5, 0.6) is 5.75 Å². The molecule has 0 radical (unpaired) electrons. The standard InChI is InChI=1S/C23H19F4N5O/c1-11-17-6-14(24)2-3-16(17)20-12(4-15(25)10-31-20)8-30-21(18(7-28)22(26)27)13-5-19(33-11)23(29)32-9-13/h2-7,9-11,22H,8,28H2,1H3,(H2,29,32)/t11-/m1/s1. The fourth-order valence-corrected chi connectivity index (χ4v) is 3.63. The molecule has 1 aromatic carbocycles. The molecule has 170 valence electrons. The van der Waals surface area contributed by atoms with Crippen LogP contribution in [-0.4, -0.2) is 22.1 Å². The summed E-state index contributed by atoms with van der Waals surface area (Å²) in [5.74, 6) is -1.03. The van der Waals surface area contributed by atoms with Gasteiger partial charge in [-0.05, 0) is 37.3 Å². The van der Waals surface area contributed by atoms with Crippen LogP contribution < -0.4 is 16.2 Å². The Morgan fingerprint density at radius 1 is 1.12 bits per heavy atom. The first-order chi connectivity index (χ1) is 15.8. The third kappa shape index (κ3) is 4.36. The van der Waals surface area contributed by atoms with Gasteiger partial charge in [-0.2, -0.15) is 0 Å². The lowest BCUT2D eigenvalue weighted by atomic mass is 9.96. The highest BCUT2D eigenvalue weighted by Gasteiger charge is 2.24. The molecule has 10 heteroatoms. The van der Waals surface area contributed by atoms with E-state index in [1.165, 1.54) is 36.5 Å². The SMILES string of the molecule is C[C@H]1Oc2cc(cnc2N)C(C(=CN)C(F)F)=NCc2cc(F)cnc2-c2ccc(F)cc21. The zero-order valence-corrected chi connectivity index (χ0v) is 17.4. The van der Waals surface area contributed by atoms with Gasteiger partial charge < -0.3 is 16.2 Å². The predicted molar refractivity (Wildman–Crippen MR) is 116 cm³/mol. The van der Waals surface area contributed by atoms with Crippen LogP contribution in [0, 0.1) is 11.6 Å². The number of aromatic nitrogens is 2. The molecule has 0 unspecified atom stereocenters. The number of halogens is 4. The van der Waals surface area contributed by atoms with E-state index >= 15 is 0 Å². The molecule has 1 aliphatic heterocycles. The van der Waals surface area contributed by atoms with Gasteiger partial charge >= 0.3 is 0 Å². The van der Waals surface area contributed by atoms with Gasteiger partial charge in [-0.25, -0.2) is 22.5 Å². The minimum atomic E-state index is -2.93. The molecule has 0 spiro atoms. The third-order valence-electron chi connectivity index (χ3n) is 5.19. The van der Waals surface area contributed by atoms with Crippen LogP contribution in [-0.2, 0) is 6.54 Å². The number of rotatable bonds is 2. The molecule has 2 bridgehead atoms. The number of nitrogens with zero attached hydrogens (tertiary/aromatic N) is 3. The third-order valence-corrected chi connectivity index (χ3v) is 5.19. The summed E-state index contributed by atoms with van der Waals surface area (Å²) in [6, 6.07) is 6.63. The van der Waals surface area contributed by atoms with Gasteiger partial charge in [0.25, 0.3) is 6.43 Å². The van der Waals surface area contributed by atoms with Crippen molar-refractivity contribution >= 4 is 11.5 Å². The molecule has 33 heavy (non-hydrogen) atoms. The summed E-state index contributed by atoms with van der Waals surface area (Å²) in [5.41, 5.74) is 12.4. The molecular formula is C23H19F4N5O. The summed E-state index contributed by atoms with van der Waals surface area (Å²) < 4.78 is 61.6. The molecule has 2 aromatic heterocycles. The Balaban J connectivity index is 2.02. The molecule has 0 fully saturated rings. The molecule has 1 atom stereocenters. The first-order valence-corrected chi connectivity index (χ1v) is 9.90. The van der Waals surface area contributed by atoms with Crippen molar-refractivity contribution in [1.29, 1.82) is 0 Å². The maximum Gasteiger partial charge on any atom is 0.267 e. The predicted octanol–water partition coefficient (Wildman–Crippen LogP) is 4.55. The van der Waals surface area contributed by atoms with Crippen molar-refractivity contribution < 1.29 is 22.3 Å². The fourth-order valence-electron chi connectivity index (χ4n) is 3.63. The lowest BCUT2D eigenvalue weighted by Crippen LogP contribution is -2.16. The summed E-state index contributed by atoms with van der Waals surface area (Å²) in [6.07, 6.45) is -0.632. The second kappa shape index (κ2) is 8.89. The minimum Gasteiger partial charge on any atom is -0.482 e. The topological polar surface area (TPSA) is 99.4 Å². The maximum atomic E-state index is 14.1. The van der Waals surface area contributed by atoms with Crippen molar-refractivity contribution in [1.82, 2.24) is 9.97 Å². The van der Waals surface area contributed by atoms with E-state index in [1.807, 2.05) is 0 Å². The van der Waals surface area contributed by atoms with E-state index in [2.05, 4.69) is 15.0 Å². The Bertz CT molecular complexity index is 1280. The van der Waals surface area contributed by atoms with Crippen LogP contribution in [0.3, 0.4) is 0 Å². The van der Waals surface area contributed by atoms with Gasteiger partial charge in [0.05, 0.1) is 29.7 Å². The molecule has 4 rings (SSSR count). The number of hydrogen-bond donors (Lipinski definition) is 2. The van der Waals surface area contributed by atoms with Gasteiger partial charge in [0.1, 0.15) is 17.7 Å². The summed E-state index contributed by atoms with van der Waals surface area (Å²) in [5, 5.41) is 0. The van der Waals surface area contributed by atoms with Crippen molar-refractivity contribution in [3.05, 3.63) is 82.8 Å². The Kier molecular flexibility index (Phi) is 5.99. The van der Waals surface area contributed by atoms with E-state index in [-0.39, 0.29) is 29.4 Å². The quantitative estimate of drug-likeness (QED) is 0.550. The lowest BCUT2D eigenvalue weighted by molar-refractivity contribution is 0.196. The Morgan fingerprint density at radius 3 is 2.64 bits per heavy atom. The van der Waals surface area contributed by atoms with E-state index in [1.54, 1.807) is 6.92 Å². The van der Waals surface area contributed by atoms with Gasteiger partial charge in [-0.3, -0.25) is 9.98 Å². The summed E-state index contributed by atoms with van der Waals surface area (Å²) in [4.78, 5) is 12.5. The minimum absolute atomic E-state index is 0.0101. The molecule has 3 aromatic rings. The maximum absolute atomic E-state index is 14.1. The van der Waals surface area contributed by atoms with Crippen LogP contribution >= 0.6 is 0 Å². The number of aliphatic imine (C=N–C) groups is 1. The summed E-state index contributed by atoms with van der Waals surface area (Å²) in [7, 11) is 0. The molecule has 1 aliphatic rings.